The van der Waals surface area contributed by atoms with Crippen LogP contribution in [0.4, 0.5) is 4.79 Å². The van der Waals surface area contributed by atoms with Crippen LogP contribution >= 0.6 is 0 Å². The molecule has 0 aromatic heterocycles. The normalized spacial score (nSPS) is 19.6. The summed E-state index contributed by atoms with van der Waals surface area (Å²) in [5.41, 5.74) is 5.54. The molecule has 3 N–H and O–H groups in total. The second-order valence-corrected chi connectivity index (χ2v) is 9.45. The van der Waals surface area contributed by atoms with Crippen LogP contribution in [0.2, 0.25) is 0 Å². The second-order valence-electron chi connectivity index (χ2n) is 9.45. The largest absolute Gasteiger partial charge is 0.496 e. The van der Waals surface area contributed by atoms with E-state index in [9.17, 15) is 14.4 Å². The lowest BCUT2D eigenvalue weighted by Gasteiger charge is -2.31. The average Bonchev–Trinajstić information content (AvgIpc) is 3.19. The van der Waals surface area contributed by atoms with Crippen molar-refractivity contribution < 1.29 is 28.6 Å². The van der Waals surface area contributed by atoms with E-state index in [4.69, 9.17) is 19.9 Å². The monoisotopic (exact) mass is 475 g/mol. The summed E-state index contributed by atoms with van der Waals surface area (Å²) in [5.74, 6) is -0.189. The molecule has 0 saturated carbocycles. The van der Waals surface area contributed by atoms with Crippen LogP contribution in [-0.4, -0.2) is 60.3 Å². The SMILES string of the molecule is C=Cc1cc(O[C@H]2CCN(C(=O)OC(C)(C)C)[C@@H]2C(=O)N[C@H](C(N)=O)[C@@H](C)CC)ccc1OC. The Hall–Kier alpha value is -3.23. The maximum absolute atomic E-state index is 13.4. The van der Waals surface area contributed by atoms with Gasteiger partial charge in [-0.1, -0.05) is 32.9 Å². The van der Waals surface area contributed by atoms with Gasteiger partial charge in [-0.3, -0.25) is 14.5 Å². The number of primary amides is 1. The predicted octanol–water partition coefficient (Wildman–Crippen LogP) is 3.11. The molecule has 0 aliphatic carbocycles. The number of benzene rings is 1. The third-order valence-corrected chi connectivity index (χ3v) is 5.76. The number of amides is 3. The van der Waals surface area contributed by atoms with E-state index in [-0.39, 0.29) is 12.5 Å². The van der Waals surface area contributed by atoms with Gasteiger partial charge in [0.1, 0.15) is 29.2 Å². The number of ether oxygens (including phenoxy) is 3. The summed E-state index contributed by atoms with van der Waals surface area (Å²) >= 11 is 0. The van der Waals surface area contributed by atoms with Gasteiger partial charge in [0.2, 0.25) is 11.8 Å². The van der Waals surface area contributed by atoms with Crippen LogP contribution in [0, 0.1) is 5.92 Å². The van der Waals surface area contributed by atoms with Gasteiger partial charge < -0.3 is 25.3 Å². The lowest BCUT2D eigenvalue weighted by molar-refractivity contribution is -0.132. The van der Waals surface area contributed by atoms with E-state index < -0.39 is 41.7 Å². The van der Waals surface area contributed by atoms with Gasteiger partial charge in [0.25, 0.3) is 0 Å². The average molecular weight is 476 g/mol. The van der Waals surface area contributed by atoms with Crippen molar-refractivity contribution in [2.24, 2.45) is 11.7 Å². The Balaban J connectivity index is 2.35. The zero-order valence-electron chi connectivity index (χ0n) is 20.9. The number of nitrogens with zero attached hydrogens (tertiary/aromatic N) is 1. The van der Waals surface area contributed by atoms with Gasteiger partial charge >= 0.3 is 6.09 Å². The molecule has 2 rings (SSSR count). The van der Waals surface area contributed by atoms with Crippen molar-refractivity contribution in [2.45, 2.75) is 71.2 Å². The van der Waals surface area contributed by atoms with Gasteiger partial charge in [0, 0.05) is 18.5 Å². The standard InChI is InChI=1S/C25H37N3O6/c1-8-15(3)20(22(26)29)27-23(30)21-19(12-13-28(21)24(31)34-25(4,5)6)33-17-10-11-18(32-7)16(9-2)14-17/h9-11,14-15,19-21H,2,8,12-13H2,1,3-7H3,(H2,26,29)(H,27,30)/t15-,19-,20-,21-/m0/s1. The Labute approximate surface area is 201 Å². The number of nitrogens with two attached hydrogens (primary N) is 1. The fourth-order valence-corrected chi connectivity index (χ4v) is 3.81. The third kappa shape index (κ3) is 6.65. The molecular weight excluding hydrogens is 438 g/mol. The molecule has 0 unspecified atom stereocenters. The summed E-state index contributed by atoms with van der Waals surface area (Å²) in [4.78, 5) is 39.7. The number of hydrogen-bond donors (Lipinski definition) is 2. The highest BCUT2D eigenvalue weighted by molar-refractivity contribution is 5.91. The number of hydrogen-bond acceptors (Lipinski definition) is 6. The fraction of sp³-hybridized carbons (Fsp3) is 0.560. The molecule has 9 heteroatoms. The Morgan fingerprint density at radius 2 is 2.00 bits per heavy atom. The van der Waals surface area contributed by atoms with Crippen molar-refractivity contribution in [2.75, 3.05) is 13.7 Å². The molecule has 0 radical (unpaired) electrons. The van der Waals surface area contributed by atoms with Crippen molar-refractivity contribution in [1.82, 2.24) is 10.2 Å². The molecule has 34 heavy (non-hydrogen) atoms. The number of methoxy groups -OCH3 is 1. The lowest BCUT2D eigenvalue weighted by atomic mass is 9.98. The van der Waals surface area contributed by atoms with E-state index in [1.807, 2.05) is 13.8 Å². The predicted molar refractivity (Wildman–Crippen MR) is 129 cm³/mol. The van der Waals surface area contributed by atoms with Crippen molar-refractivity contribution >= 4 is 24.0 Å². The van der Waals surface area contributed by atoms with Gasteiger partial charge in [0.05, 0.1) is 7.11 Å². The minimum Gasteiger partial charge on any atom is -0.496 e. The van der Waals surface area contributed by atoms with Crippen molar-refractivity contribution in [1.29, 1.82) is 0 Å². The van der Waals surface area contributed by atoms with Crippen LogP contribution in [0.1, 0.15) is 53.0 Å². The molecule has 0 bridgehead atoms. The number of rotatable bonds is 9. The molecule has 1 aromatic carbocycles. The molecule has 1 heterocycles. The van der Waals surface area contributed by atoms with Gasteiger partial charge in [-0.2, -0.15) is 0 Å². The summed E-state index contributed by atoms with van der Waals surface area (Å²) in [5, 5.41) is 2.73. The minimum absolute atomic E-state index is 0.172. The Morgan fingerprint density at radius 1 is 1.32 bits per heavy atom. The molecule has 4 atom stereocenters. The van der Waals surface area contributed by atoms with Gasteiger partial charge in [-0.15, -0.1) is 0 Å². The molecule has 1 aliphatic rings. The fourth-order valence-electron chi connectivity index (χ4n) is 3.81. The van der Waals surface area contributed by atoms with Crippen molar-refractivity contribution in [3.8, 4) is 11.5 Å². The molecule has 188 valence electrons. The topological polar surface area (TPSA) is 120 Å². The van der Waals surface area contributed by atoms with E-state index in [2.05, 4.69) is 11.9 Å². The smallest absolute Gasteiger partial charge is 0.411 e. The Bertz CT molecular complexity index is 910. The van der Waals surface area contributed by atoms with E-state index in [0.717, 1.165) is 5.56 Å². The van der Waals surface area contributed by atoms with Crippen LogP contribution < -0.4 is 20.5 Å². The number of carbonyl (C=O) groups excluding carboxylic acids is 3. The first kappa shape index (κ1) is 27.0. The van der Waals surface area contributed by atoms with Gasteiger partial charge in [-0.25, -0.2) is 4.79 Å². The highest BCUT2D eigenvalue weighted by Crippen LogP contribution is 2.30. The van der Waals surface area contributed by atoms with Gasteiger partial charge in [0.15, 0.2) is 6.04 Å². The van der Waals surface area contributed by atoms with Crippen LogP contribution in [0.3, 0.4) is 0 Å². The van der Waals surface area contributed by atoms with E-state index in [0.29, 0.717) is 24.3 Å². The number of likely N-dealkylation sites (tertiary alicyclic amines) is 1. The first-order valence-corrected chi connectivity index (χ1v) is 11.5. The first-order valence-electron chi connectivity index (χ1n) is 11.5. The zero-order chi connectivity index (χ0) is 25.6. The highest BCUT2D eigenvalue weighted by atomic mass is 16.6. The molecule has 1 aliphatic heterocycles. The van der Waals surface area contributed by atoms with Crippen LogP contribution in [-0.2, 0) is 14.3 Å². The summed E-state index contributed by atoms with van der Waals surface area (Å²) < 4.78 is 17.0. The van der Waals surface area contributed by atoms with E-state index in [1.165, 1.54) is 4.90 Å². The maximum atomic E-state index is 13.4. The van der Waals surface area contributed by atoms with Crippen LogP contribution in [0.15, 0.2) is 24.8 Å². The molecule has 1 saturated heterocycles. The van der Waals surface area contributed by atoms with E-state index in [1.54, 1.807) is 52.2 Å². The first-order chi connectivity index (χ1) is 15.9. The van der Waals surface area contributed by atoms with E-state index >= 15 is 0 Å². The molecule has 0 spiro atoms. The Kier molecular flexibility index (Phi) is 8.95. The van der Waals surface area contributed by atoms with Crippen molar-refractivity contribution in [3.05, 3.63) is 30.3 Å². The van der Waals surface area contributed by atoms with Crippen LogP contribution in [0.5, 0.6) is 11.5 Å². The number of carbonyl (C=O) groups is 3. The van der Waals surface area contributed by atoms with Crippen LogP contribution in [0.25, 0.3) is 6.08 Å². The minimum atomic E-state index is -1.00. The second kappa shape index (κ2) is 11.3. The Morgan fingerprint density at radius 3 is 2.53 bits per heavy atom. The van der Waals surface area contributed by atoms with Gasteiger partial charge in [-0.05, 0) is 44.9 Å². The maximum Gasteiger partial charge on any atom is 0.411 e. The summed E-state index contributed by atoms with van der Waals surface area (Å²) in [6, 6.07) is 3.35. The highest BCUT2D eigenvalue weighted by Gasteiger charge is 2.46. The summed E-state index contributed by atoms with van der Waals surface area (Å²) in [6.07, 6.45) is 1.39. The number of nitrogens with one attached hydrogen (secondary N) is 1. The quantitative estimate of drug-likeness (QED) is 0.566. The zero-order valence-corrected chi connectivity index (χ0v) is 20.9. The molecule has 1 aromatic rings. The summed E-state index contributed by atoms with van der Waals surface area (Å²) in [6.45, 7) is 13.0. The summed E-state index contributed by atoms with van der Waals surface area (Å²) in [7, 11) is 1.56. The molecular formula is C25H37N3O6. The third-order valence-electron chi connectivity index (χ3n) is 5.76. The molecule has 3 amide bonds. The van der Waals surface area contributed by atoms with Crippen molar-refractivity contribution in [3.63, 3.8) is 0 Å². The molecule has 1 fully saturated rings. The molecule has 9 nitrogen and oxygen atoms in total. The lowest BCUT2D eigenvalue weighted by Crippen LogP contribution is -2.57.